The minimum absolute atomic E-state index is 0.112. The second-order valence-electron chi connectivity index (χ2n) is 9.94. The first kappa shape index (κ1) is 26.3. The van der Waals surface area contributed by atoms with Crippen molar-refractivity contribution in [3.8, 4) is 22.3 Å². The van der Waals surface area contributed by atoms with Crippen molar-refractivity contribution in [2.24, 2.45) is 0 Å². The number of hydrogen-bond donors (Lipinski definition) is 0. The first-order chi connectivity index (χ1) is 20.7. The Balaban J connectivity index is 1.28. The van der Waals surface area contributed by atoms with Crippen molar-refractivity contribution in [2.45, 2.75) is 19.6 Å². The maximum Gasteiger partial charge on any atom is 0.195 e. The van der Waals surface area contributed by atoms with Crippen LogP contribution in [0, 0.1) is 0 Å². The normalized spacial score (nSPS) is 12.1. The number of carbonyl (C=O) groups is 2. The Hall–Kier alpha value is -4.64. The van der Waals surface area contributed by atoms with Gasteiger partial charge in [-0.05, 0) is 46.5 Å². The van der Waals surface area contributed by atoms with Crippen LogP contribution in [0.2, 0.25) is 0 Å². The highest BCUT2D eigenvalue weighted by molar-refractivity contribution is 7.99. The number of carbonyl (C=O) groups excluding carboxylic acids is 2. The van der Waals surface area contributed by atoms with E-state index in [1.165, 1.54) is 23.5 Å². The van der Waals surface area contributed by atoms with Crippen LogP contribution in [0.3, 0.4) is 0 Å². The summed E-state index contributed by atoms with van der Waals surface area (Å²) < 4.78 is 0. The van der Waals surface area contributed by atoms with E-state index in [1.807, 2.05) is 84.9 Å². The molecule has 0 unspecified atom stereocenters. The van der Waals surface area contributed by atoms with Gasteiger partial charge in [0.15, 0.2) is 11.6 Å². The molecule has 0 amide bonds. The van der Waals surface area contributed by atoms with E-state index in [4.69, 9.17) is 0 Å². The molecule has 0 heterocycles. The van der Waals surface area contributed by atoms with Gasteiger partial charge in [0.1, 0.15) is 0 Å². The molecule has 0 bridgehead atoms. The van der Waals surface area contributed by atoms with Gasteiger partial charge in [-0.25, -0.2) is 0 Å². The highest BCUT2D eigenvalue weighted by atomic mass is 32.2. The number of ketones is 2. The lowest BCUT2D eigenvalue weighted by atomic mass is 9.84. The smallest absolute Gasteiger partial charge is 0.195 e. The SMILES string of the molecule is O=C1c2cccc(Sc3ccccc3-c3ccccc3)c2C(=O)c2cccc(Sc3ccccc3-c3ccccc3)c21. The molecule has 42 heavy (non-hydrogen) atoms. The van der Waals surface area contributed by atoms with Gasteiger partial charge in [-0.15, -0.1) is 0 Å². The molecule has 0 radical (unpaired) electrons. The standard InChI is InChI=1S/C38H24O2S2/c39-37-30-20-12-24-34(42-32-22-10-8-18-28(32)26-15-5-2-6-16-26)36(30)38(40)29-19-11-23-33(35(29)37)41-31-21-9-7-17-27(31)25-13-3-1-4-14-25/h1-24H. The van der Waals surface area contributed by atoms with Gasteiger partial charge in [-0.1, -0.05) is 145 Å². The molecule has 0 atom stereocenters. The van der Waals surface area contributed by atoms with Crippen molar-refractivity contribution >= 4 is 35.1 Å². The molecule has 1 aliphatic rings. The van der Waals surface area contributed by atoms with E-state index in [2.05, 4.69) is 48.5 Å². The van der Waals surface area contributed by atoms with E-state index < -0.39 is 0 Å². The van der Waals surface area contributed by atoms with E-state index in [1.54, 1.807) is 12.1 Å². The van der Waals surface area contributed by atoms with E-state index in [0.29, 0.717) is 22.3 Å². The van der Waals surface area contributed by atoms with Crippen molar-refractivity contribution in [3.05, 3.63) is 168 Å². The van der Waals surface area contributed by atoms with Gasteiger partial charge < -0.3 is 0 Å². The molecule has 0 aliphatic heterocycles. The summed E-state index contributed by atoms with van der Waals surface area (Å²) >= 11 is 3.06. The van der Waals surface area contributed by atoms with Crippen LogP contribution in [0.4, 0.5) is 0 Å². The molecule has 0 fully saturated rings. The Morgan fingerprint density at radius 2 is 0.643 bits per heavy atom. The Morgan fingerprint density at radius 1 is 0.310 bits per heavy atom. The van der Waals surface area contributed by atoms with Gasteiger partial charge in [0.25, 0.3) is 0 Å². The Morgan fingerprint density at radius 3 is 1.07 bits per heavy atom. The minimum atomic E-state index is -0.112. The first-order valence-corrected chi connectivity index (χ1v) is 15.3. The van der Waals surface area contributed by atoms with Gasteiger partial charge in [0.2, 0.25) is 0 Å². The van der Waals surface area contributed by atoms with E-state index >= 15 is 0 Å². The second kappa shape index (κ2) is 11.3. The summed E-state index contributed by atoms with van der Waals surface area (Å²) in [4.78, 5) is 31.9. The Kier molecular flexibility index (Phi) is 7.08. The van der Waals surface area contributed by atoms with Crippen LogP contribution in [0.25, 0.3) is 22.3 Å². The third kappa shape index (κ3) is 4.79. The highest BCUT2D eigenvalue weighted by Crippen LogP contribution is 2.44. The second-order valence-corrected chi connectivity index (χ2v) is 12.1. The van der Waals surface area contributed by atoms with Crippen LogP contribution >= 0.6 is 23.5 Å². The third-order valence-corrected chi connectivity index (χ3v) is 9.65. The lowest BCUT2D eigenvalue weighted by Crippen LogP contribution is -2.22. The average molecular weight is 577 g/mol. The lowest BCUT2D eigenvalue weighted by Gasteiger charge is -2.22. The molecule has 7 rings (SSSR count). The first-order valence-electron chi connectivity index (χ1n) is 13.7. The van der Waals surface area contributed by atoms with Crippen molar-refractivity contribution in [3.63, 3.8) is 0 Å². The molecular formula is C38H24O2S2. The number of benzene rings is 6. The quantitative estimate of drug-likeness (QED) is 0.197. The monoisotopic (exact) mass is 576 g/mol. The van der Waals surface area contributed by atoms with Gasteiger partial charge in [0.05, 0.1) is 0 Å². The zero-order chi connectivity index (χ0) is 28.5. The summed E-state index contributed by atoms with van der Waals surface area (Å²) in [6.45, 7) is 0. The van der Waals surface area contributed by atoms with Crippen LogP contribution in [0.15, 0.2) is 165 Å². The van der Waals surface area contributed by atoms with E-state index in [0.717, 1.165) is 41.8 Å². The van der Waals surface area contributed by atoms with Crippen molar-refractivity contribution in [1.29, 1.82) is 0 Å². The Labute approximate surface area is 253 Å². The molecule has 6 aromatic carbocycles. The molecule has 0 N–H and O–H groups in total. The zero-order valence-corrected chi connectivity index (χ0v) is 24.1. The number of fused-ring (bicyclic) bond motifs is 2. The van der Waals surface area contributed by atoms with Crippen molar-refractivity contribution in [2.75, 3.05) is 0 Å². The molecule has 0 spiro atoms. The molecule has 4 heteroatoms. The summed E-state index contributed by atoms with van der Waals surface area (Å²) in [5.74, 6) is -0.225. The predicted octanol–water partition coefficient (Wildman–Crippen LogP) is 10.1. The van der Waals surface area contributed by atoms with Gasteiger partial charge in [-0.2, -0.15) is 0 Å². The summed E-state index contributed by atoms with van der Waals surface area (Å²) in [5.41, 5.74) is 6.27. The van der Waals surface area contributed by atoms with Gasteiger partial charge in [0, 0.05) is 41.8 Å². The summed E-state index contributed by atoms with van der Waals surface area (Å²) in [5, 5.41) is 0. The van der Waals surface area contributed by atoms with Crippen molar-refractivity contribution < 1.29 is 9.59 Å². The fourth-order valence-corrected chi connectivity index (χ4v) is 7.67. The summed E-state index contributed by atoms with van der Waals surface area (Å²) in [6, 6.07) is 48.0. The van der Waals surface area contributed by atoms with Crippen molar-refractivity contribution in [1.82, 2.24) is 0 Å². The molecule has 0 saturated carbocycles. The predicted molar refractivity (Wildman–Crippen MR) is 172 cm³/mol. The molecule has 0 aromatic heterocycles. The lowest BCUT2D eigenvalue weighted by molar-refractivity contribution is 0.0974. The van der Waals surface area contributed by atoms with Gasteiger partial charge >= 0.3 is 0 Å². The Bertz CT molecular complexity index is 1820. The van der Waals surface area contributed by atoms with Crippen LogP contribution in [0.5, 0.6) is 0 Å². The largest absolute Gasteiger partial charge is 0.289 e. The fourth-order valence-electron chi connectivity index (χ4n) is 5.41. The number of rotatable bonds is 6. The molecule has 1 aliphatic carbocycles. The minimum Gasteiger partial charge on any atom is -0.289 e. The van der Waals surface area contributed by atoms with E-state index in [-0.39, 0.29) is 11.6 Å². The molecule has 0 saturated heterocycles. The maximum absolute atomic E-state index is 14.1. The zero-order valence-electron chi connectivity index (χ0n) is 22.5. The highest BCUT2D eigenvalue weighted by Gasteiger charge is 2.34. The summed E-state index contributed by atoms with van der Waals surface area (Å²) in [6.07, 6.45) is 0. The average Bonchev–Trinajstić information content (AvgIpc) is 3.05. The van der Waals surface area contributed by atoms with Crippen LogP contribution in [-0.2, 0) is 0 Å². The number of hydrogen-bond acceptors (Lipinski definition) is 4. The molecule has 200 valence electrons. The topological polar surface area (TPSA) is 34.1 Å². The van der Waals surface area contributed by atoms with Crippen LogP contribution in [0.1, 0.15) is 31.8 Å². The maximum atomic E-state index is 14.1. The third-order valence-electron chi connectivity index (χ3n) is 7.38. The van der Waals surface area contributed by atoms with Crippen LogP contribution < -0.4 is 0 Å². The van der Waals surface area contributed by atoms with E-state index in [9.17, 15) is 9.59 Å². The molecule has 6 aromatic rings. The molecular weight excluding hydrogens is 553 g/mol. The van der Waals surface area contributed by atoms with Gasteiger partial charge in [-0.3, -0.25) is 9.59 Å². The van der Waals surface area contributed by atoms with Crippen LogP contribution in [-0.4, -0.2) is 11.6 Å². The molecule has 2 nitrogen and oxygen atoms in total. The fraction of sp³-hybridized carbons (Fsp3) is 0. The summed E-state index contributed by atoms with van der Waals surface area (Å²) in [7, 11) is 0.